The Balaban J connectivity index is 2.21. The maximum atomic E-state index is 10.2. The second-order valence-corrected chi connectivity index (χ2v) is 5.05. The predicted molar refractivity (Wildman–Crippen MR) is 81.2 cm³/mol. The van der Waals surface area contributed by atoms with E-state index in [0.717, 1.165) is 11.1 Å². The minimum absolute atomic E-state index is 0.0297. The molecule has 0 saturated carbocycles. The highest BCUT2D eigenvalue weighted by Crippen LogP contribution is 2.33. The van der Waals surface area contributed by atoms with Gasteiger partial charge in [-0.15, -0.1) is 0 Å². The molecule has 4 heteroatoms. The second kappa shape index (κ2) is 5.07. The summed E-state index contributed by atoms with van der Waals surface area (Å²) < 4.78 is 0. The molecule has 0 aliphatic heterocycles. The van der Waals surface area contributed by atoms with Crippen molar-refractivity contribution in [2.24, 2.45) is 0 Å². The van der Waals surface area contributed by atoms with Gasteiger partial charge in [-0.25, -0.2) is 4.98 Å². The highest BCUT2D eigenvalue weighted by atomic mass is 16.3. The van der Waals surface area contributed by atoms with Crippen molar-refractivity contribution < 1.29 is 15.3 Å². The molecule has 0 aliphatic rings. The summed E-state index contributed by atoms with van der Waals surface area (Å²) in [6, 6.07) is 12.4. The fraction of sp³-hybridized carbons (Fsp3) is 0.118. The van der Waals surface area contributed by atoms with Crippen molar-refractivity contribution in [3.8, 4) is 22.8 Å². The number of fused-ring (bicyclic) bond motifs is 1. The van der Waals surface area contributed by atoms with Crippen LogP contribution in [0.1, 0.15) is 11.1 Å². The van der Waals surface area contributed by atoms with Crippen LogP contribution in [0.15, 0.2) is 42.5 Å². The molecule has 21 heavy (non-hydrogen) atoms. The van der Waals surface area contributed by atoms with Crippen LogP contribution < -0.4 is 0 Å². The summed E-state index contributed by atoms with van der Waals surface area (Å²) in [5, 5.41) is 29.7. The van der Waals surface area contributed by atoms with Crippen molar-refractivity contribution in [2.45, 2.75) is 13.5 Å². The zero-order valence-corrected chi connectivity index (χ0v) is 11.5. The van der Waals surface area contributed by atoms with E-state index in [-0.39, 0.29) is 18.1 Å². The average molecular weight is 281 g/mol. The van der Waals surface area contributed by atoms with Gasteiger partial charge in [-0.2, -0.15) is 0 Å². The number of aryl methyl sites for hydroxylation is 1. The van der Waals surface area contributed by atoms with Crippen molar-refractivity contribution in [3.05, 3.63) is 53.6 Å². The van der Waals surface area contributed by atoms with Gasteiger partial charge in [0.1, 0.15) is 11.5 Å². The molecule has 1 heterocycles. The standard InChI is InChI=1S/C17H15NO3/c1-10-2-4-11(5-3-10)14-7-17(21)13-6-12(9-19)16(20)8-15(13)18-14/h2-8,19-20H,9H2,1H3,(H,18,21). The monoisotopic (exact) mass is 281 g/mol. The lowest BCUT2D eigenvalue weighted by Gasteiger charge is -2.09. The van der Waals surface area contributed by atoms with Crippen molar-refractivity contribution in [3.63, 3.8) is 0 Å². The van der Waals surface area contributed by atoms with E-state index in [0.29, 0.717) is 22.2 Å². The molecule has 0 atom stereocenters. The zero-order chi connectivity index (χ0) is 15.0. The van der Waals surface area contributed by atoms with Crippen molar-refractivity contribution in [2.75, 3.05) is 0 Å². The Morgan fingerprint density at radius 1 is 0.952 bits per heavy atom. The number of pyridine rings is 1. The zero-order valence-electron chi connectivity index (χ0n) is 11.5. The van der Waals surface area contributed by atoms with Gasteiger partial charge in [-0.3, -0.25) is 0 Å². The van der Waals surface area contributed by atoms with Gasteiger partial charge in [-0.05, 0) is 13.0 Å². The molecule has 0 bridgehead atoms. The Morgan fingerprint density at radius 2 is 1.67 bits per heavy atom. The quantitative estimate of drug-likeness (QED) is 0.674. The van der Waals surface area contributed by atoms with E-state index in [4.69, 9.17) is 5.11 Å². The van der Waals surface area contributed by atoms with Crippen LogP contribution in [0.3, 0.4) is 0 Å². The Kier molecular flexibility index (Phi) is 3.23. The minimum atomic E-state index is -0.291. The number of rotatable bonds is 2. The van der Waals surface area contributed by atoms with Crippen LogP contribution in [0.2, 0.25) is 0 Å². The first-order chi connectivity index (χ1) is 10.1. The van der Waals surface area contributed by atoms with Crippen molar-refractivity contribution >= 4 is 10.9 Å². The largest absolute Gasteiger partial charge is 0.508 e. The van der Waals surface area contributed by atoms with E-state index in [1.54, 1.807) is 12.1 Å². The van der Waals surface area contributed by atoms with Crippen LogP contribution >= 0.6 is 0 Å². The third-order valence-corrected chi connectivity index (χ3v) is 3.50. The fourth-order valence-corrected chi connectivity index (χ4v) is 2.29. The molecule has 0 aliphatic carbocycles. The number of benzene rings is 2. The summed E-state index contributed by atoms with van der Waals surface area (Å²) in [5.41, 5.74) is 3.52. The lowest BCUT2D eigenvalue weighted by molar-refractivity contribution is 0.276. The second-order valence-electron chi connectivity index (χ2n) is 5.05. The summed E-state index contributed by atoms with van der Waals surface area (Å²) in [7, 11) is 0. The molecule has 0 radical (unpaired) electrons. The molecular weight excluding hydrogens is 266 g/mol. The number of aromatic nitrogens is 1. The van der Waals surface area contributed by atoms with Crippen LogP contribution in [0, 0.1) is 6.92 Å². The Morgan fingerprint density at radius 3 is 2.33 bits per heavy atom. The highest BCUT2D eigenvalue weighted by Gasteiger charge is 2.10. The van der Waals surface area contributed by atoms with E-state index in [1.807, 2.05) is 31.2 Å². The average Bonchev–Trinajstić information content (AvgIpc) is 2.47. The van der Waals surface area contributed by atoms with Crippen molar-refractivity contribution in [1.29, 1.82) is 0 Å². The SMILES string of the molecule is Cc1ccc(-c2cc(O)c3cc(CO)c(O)cc3n2)cc1. The third-order valence-electron chi connectivity index (χ3n) is 3.50. The number of aliphatic hydroxyl groups excluding tert-OH is 1. The Hall–Kier alpha value is -2.59. The number of phenols is 1. The van der Waals surface area contributed by atoms with Gasteiger partial charge in [0.2, 0.25) is 0 Å². The molecule has 0 unspecified atom stereocenters. The first-order valence-corrected chi connectivity index (χ1v) is 6.62. The first kappa shape index (κ1) is 13.4. The van der Waals surface area contributed by atoms with Gasteiger partial charge in [0.05, 0.1) is 17.8 Å². The summed E-state index contributed by atoms with van der Waals surface area (Å²) in [5.74, 6) is 0.0447. The van der Waals surface area contributed by atoms with Gasteiger partial charge in [-0.1, -0.05) is 29.8 Å². The van der Waals surface area contributed by atoms with Crippen LogP contribution in [0.25, 0.3) is 22.2 Å². The molecule has 0 spiro atoms. The van der Waals surface area contributed by atoms with Gasteiger partial charge in [0.25, 0.3) is 0 Å². The number of hydrogen-bond acceptors (Lipinski definition) is 4. The lowest BCUT2D eigenvalue weighted by atomic mass is 10.1. The van der Waals surface area contributed by atoms with Gasteiger partial charge < -0.3 is 15.3 Å². The Labute approximate surface area is 122 Å². The number of aliphatic hydroxyl groups is 1. The molecule has 3 N–H and O–H groups in total. The van der Waals surface area contributed by atoms with E-state index in [1.165, 1.54) is 6.07 Å². The van der Waals surface area contributed by atoms with Crippen LogP contribution in [-0.4, -0.2) is 20.3 Å². The molecule has 106 valence electrons. The maximum absolute atomic E-state index is 10.2. The molecule has 0 amide bonds. The Bertz CT molecular complexity index is 810. The normalized spacial score (nSPS) is 11.0. The minimum Gasteiger partial charge on any atom is -0.508 e. The molecule has 0 fully saturated rings. The van der Waals surface area contributed by atoms with Gasteiger partial charge in [0.15, 0.2) is 0 Å². The topological polar surface area (TPSA) is 73.6 Å². The van der Waals surface area contributed by atoms with Crippen molar-refractivity contribution in [1.82, 2.24) is 4.98 Å². The van der Waals surface area contributed by atoms with Crippen LogP contribution in [0.5, 0.6) is 11.5 Å². The summed E-state index contributed by atoms with van der Waals surface area (Å²) in [4.78, 5) is 4.47. The number of aromatic hydroxyl groups is 2. The summed E-state index contributed by atoms with van der Waals surface area (Å²) in [6.45, 7) is 1.71. The highest BCUT2D eigenvalue weighted by molar-refractivity contribution is 5.89. The van der Waals surface area contributed by atoms with Gasteiger partial charge in [0, 0.05) is 28.6 Å². The summed E-state index contributed by atoms with van der Waals surface area (Å²) in [6.07, 6.45) is 0. The smallest absolute Gasteiger partial charge is 0.127 e. The molecule has 2 aromatic carbocycles. The van der Waals surface area contributed by atoms with E-state index >= 15 is 0 Å². The molecule has 1 aromatic heterocycles. The molecule has 4 nitrogen and oxygen atoms in total. The van der Waals surface area contributed by atoms with Crippen LogP contribution in [0.4, 0.5) is 0 Å². The summed E-state index contributed by atoms with van der Waals surface area (Å²) >= 11 is 0. The van der Waals surface area contributed by atoms with Crippen LogP contribution in [-0.2, 0) is 6.61 Å². The first-order valence-electron chi connectivity index (χ1n) is 6.62. The van der Waals surface area contributed by atoms with E-state index < -0.39 is 0 Å². The molecule has 3 rings (SSSR count). The third kappa shape index (κ3) is 2.41. The lowest BCUT2D eigenvalue weighted by Crippen LogP contribution is -1.90. The maximum Gasteiger partial charge on any atom is 0.127 e. The van der Waals surface area contributed by atoms with Gasteiger partial charge >= 0.3 is 0 Å². The predicted octanol–water partition coefficient (Wildman–Crippen LogP) is 3.11. The fourth-order valence-electron chi connectivity index (χ4n) is 2.29. The molecular formula is C17H15NO3. The molecule has 3 aromatic rings. The van der Waals surface area contributed by atoms with E-state index in [9.17, 15) is 10.2 Å². The number of hydrogen-bond donors (Lipinski definition) is 3. The molecule has 0 saturated heterocycles. The van der Waals surface area contributed by atoms with E-state index in [2.05, 4.69) is 4.98 Å². The number of nitrogens with zero attached hydrogens (tertiary/aromatic N) is 1.